The molecule has 0 aliphatic carbocycles. The van der Waals surface area contributed by atoms with E-state index >= 15 is 0 Å². The number of unbranched alkanes of at least 4 members (excludes halogenated alkanes) is 47. The predicted molar refractivity (Wildman–Crippen MR) is 321 cm³/mol. The van der Waals surface area contributed by atoms with Gasteiger partial charge in [-0.2, -0.15) is 0 Å². The Morgan fingerprint density at radius 3 is 0.676 bits per heavy atom. The lowest BCUT2D eigenvalue weighted by atomic mass is 10.0. The largest absolute Gasteiger partial charge is 0.462 e. The molecule has 436 valence electrons. The van der Waals surface area contributed by atoms with Crippen molar-refractivity contribution in [1.82, 2.24) is 0 Å². The SMILES string of the molecule is CCCCCCCC/C=C\CCCCCCCCCC(=O)OCC(COC(=O)CCCCCCCCCCC/C=C\CCCCCCCCCC)OC(=O)CCCCCCCCCCCCCCCCCCCC. The summed E-state index contributed by atoms with van der Waals surface area (Å²) in [5, 5.41) is 0. The van der Waals surface area contributed by atoms with Crippen LogP contribution in [0, 0.1) is 0 Å². The van der Waals surface area contributed by atoms with Crippen LogP contribution in [0.1, 0.15) is 374 Å². The summed E-state index contributed by atoms with van der Waals surface area (Å²) in [7, 11) is 0. The maximum atomic E-state index is 12.9. The van der Waals surface area contributed by atoms with Crippen molar-refractivity contribution in [3.63, 3.8) is 0 Å². The van der Waals surface area contributed by atoms with Crippen molar-refractivity contribution >= 4 is 17.9 Å². The highest BCUT2D eigenvalue weighted by Crippen LogP contribution is 2.18. The summed E-state index contributed by atoms with van der Waals surface area (Å²) in [4.78, 5) is 38.4. The molecule has 0 amide bonds. The number of hydrogen-bond donors (Lipinski definition) is 0. The van der Waals surface area contributed by atoms with E-state index in [4.69, 9.17) is 14.2 Å². The van der Waals surface area contributed by atoms with Crippen LogP contribution in [0.5, 0.6) is 0 Å². The molecule has 0 rings (SSSR count). The predicted octanol–water partition coefficient (Wildman–Crippen LogP) is 22.6. The number of carbonyl (C=O) groups excluding carboxylic acids is 3. The minimum Gasteiger partial charge on any atom is -0.462 e. The lowest BCUT2D eigenvalue weighted by Crippen LogP contribution is -2.30. The van der Waals surface area contributed by atoms with E-state index < -0.39 is 6.10 Å². The van der Waals surface area contributed by atoms with Gasteiger partial charge in [-0.15, -0.1) is 0 Å². The van der Waals surface area contributed by atoms with Crippen molar-refractivity contribution in [2.45, 2.75) is 380 Å². The first-order valence-corrected chi connectivity index (χ1v) is 33.3. The molecule has 0 fully saturated rings. The van der Waals surface area contributed by atoms with Gasteiger partial charge in [-0.25, -0.2) is 0 Å². The summed E-state index contributed by atoms with van der Waals surface area (Å²) in [6.07, 6.45) is 76.1. The zero-order chi connectivity index (χ0) is 53.6. The van der Waals surface area contributed by atoms with Gasteiger partial charge in [0.15, 0.2) is 6.10 Å². The fourth-order valence-electron chi connectivity index (χ4n) is 10.1. The van der Waals surface area contributed by atoms with E-state index in [9.17, 15) is 14.4 Å². The Bertz CT molecular complexity index is 1190. The number of hydrogen-bond acceptors (Lipinski definition) is 6. The average Bonchev–Trinajstić information content (AvgIpc) is 3.40. The van der Waals surface area contributed by atoms with E-state index in [1.807, 2.05) is 0 Å². The van der Waals surface area contributed by atoms with Crippen LogP contribution in [0.25, 0.3) is 0 Å². The third-order valence-electron chi connectivity index (χ3n) is 15.2. The molecule has 74 heavy (non-hydrogen) atoms. The highest BCUT2D eigenvalue weighted by atomic mass is 16.6. The minimum absolute atomic E-state index is 0.0685. The molecule has 0 radical (unpaired) electrons. The lowest BCUT2D eigenvalue weighted by Gasteiger charge is -2.18. The van der Waals surface area contributed by atoms with Gasteiger partial charge in [0.25, 0.3) is 0 Å². The molecule has 0 saturated heterocycles. The van der Waals surface area contributed by atoms with Crippen LogP contribution >= 0.6 is 0 Å². The maximum absolute atomic E-state index is 12.9. The molecule has 1 unspecified atom stereocenters. The summed E-state index contributed by atoms with van der Waals surface area (Å²) >= 11 is 0. The van der Waals surface area contributed by atoms with Gasteiger partial charge < -0.3 is 14.2 Å². The highest BCUT2D eigenvalue weighted by molar-refractivity contribution is 5.71. The van der Waals surface area contributed by atoms with Gasteiger partial charge in [0.1, 0.15) is 13.2 Å². The topological polar surface area (TPSA) is 78.9 Å². The van der Waals surface area contributed by atoms with Crippen LogP contribution in [0.2, 0.25) is 0 Å². The monoisotopic (exact) mass is 1040 g/mol. The molecular weight excluding hydrogens is 913 g/mol. The van der Waals surface area contributed by atoms with Crippen LogP contribution < -0.4 is 0 Å². The molecule has 1 atom stereocenters. The first-order chi connectivity index (χ1) is 36.5. The van der Waals surface area contributed by atoms with Crippen molar-refractivity contribution < 1.29 is 28.6 Å². The molecule has 6 heteroatoms. The van der Waals surface area contributed by atoms with E-state index in [2.05, 4.69) is 45.1 Å². The number of carbonyl (C=O) groups is 3. The van der Waals surface area contributed by atoms with E-state index in [1.165, 1.54) is 276 Å². The summed E-state index contributed by atoms with van der Waals surface area (Å²) in [5.41, 5.74) is 0. The van der Waals surface area contributed by atoms with Gasteiger partial charge in [-0.1, -0.05) is 308 Å². The Morgan fingerprint density at radius 2 is 0.446 bits per heavy atom. The molecule has 0 aromatic heterocycles. The van der Waals surface area contributed by atoms with Crippen molar-refractivity contribution in [2.24, 2.45) is 0 Å². The fraction of sp³-hybridized carbons (Fsp3) is 0.897. The molecule has 6 nitrogen and oxygen atoms in total. The van der Waals surface area contributed by atoms with E-state index in [0.29, 0.717) is 19.3 Å². The molecule has 0 N–H and O–H groups in total. The first-order valence-electron chi connectivity index (χ1n) is 33.3. The molecule has 0 aliphatic heterocycles. The maximum Gasteiger partial charge on any atom is 0.306 e. The average molecular weight is 1040 g/mol. The van der Waals surface area contributed by atoms with Gasteiger partial charge in [0.05, 0.1) is 0 Å². The van der Waals surface area contributed by atoms with Crippen LogP contribution in [-0.2, 0) is 28.6 Å². The van der Waals surface area contributed by atoms with Gasteiger partial charge >= 0.3 is 17.9 Å². The lowest BCUT2D eigenvalue weighted by molar-refractivity contribution is -0.167. The first kappa shape index (κ1) is 71.9. The van der Waals surface area contributed by atoms with Crippen LogP contribution in [0.15, 0.2) is 24.3 Å². The zero-order valence-electron chi connectivity index (χ0n) is 50.1. The van der Waals surface area contributed by atoms with Gasteiger partial charge in [0, 0.05) is 19.3 Å². The zero-order valence-corrected chi connectivity index (χ0v) is 50.1. The third kappa shape index (κ3) is 60.8. The number of rotatable bonds is 62. The van der Waals surface area contributed by atoms with Crippen molar-refractivity contribution in [3.05, 3.63) is 24.3 Å². The molecule has 0 saturated carbocycles. The van der Waals surface area contributed by atoms with Gasteiger partial charge in [0.2, 0.25) is 0 Å². The van der Waals surface area contributed by atoms with Crippen LogP contribution in [0.3, 0.4) is 0 Å². The molecule has 0 bridgehead atoms. The standard InChI is InChI=1S/C68H128O6/c1-4-7-10-13-16-19-22-25-28-31-33-34-35-38-40-43-46-49-52-55-58-61-67(70)73-64-65(63-72-66(69)60-57-54-51-48-45-42-39-36-30-27-24-21-18-15-12-9-6-3)74-68(71)62-59-56-53-50-47-44-41-37-32-29-26-23-20-17-14-11-8-5-2/h27,30-31,33,65H,4-26,28-29,32,34-64H2,1-3H3/b30-27-,33-31-. The second-order valence-electron chi connectivity index (χ2n) is 22.7. The molecule has 0 aromatic rings. The smallest absolute Gasteiger partial charge is 0.306 e. The molecule has 0 heterocycles. The van der Waals surface area contributed by atoms with Gasteiger partial charge in [-0.05, 0) is 70.6 Å². The minimum atomic E-state index is -0.771. The van der Waals surface area contributed by atoms with Crippen LogP contribution in [0.4, 0.5) is 0 Å². The molecule has 0 aromatic carbocycles. The summed E-state index contributed by atoms with van der Waals surface area (Å²) in [6, 6.07) is 0. The Morgan fingerprint density at radius 1 is 0.257 bits per heavy atom. The van der Waals surface area contributed by atoms with Crippen LogP contribution in [-0.4, -0.2) is 37.2 Å². The summed E-state index contributed by atoms with van der Waals surface area (Å²) in [6.45, 7) is 6.71. The molecule has 0 spiro atoms. The normalized spacial score (nSPS) is 12.1. The number of ether oxygens (including phenoxy) is 3. The Hall–Kier alpha value is -2.11. The second-order valence-corrected chi connectivity index (χ2v) is 22.7. The third-order valence-corrected chi connectivity index (χ3v) is 15.2. The van der Waals surface area contributed by atoms with E-state index in [1.54, 1.807) is 0 Å². The molecular formula is C68H128O6. The Kier molecular flexibility index (Phi) is 61.6. The Balaban J connectivity index is 4.31. The van der Waals surface area contributed by atoms with E-state index in [-0.39, 0.29) is 31.1 Å². The highest BCUT2D eigenvalue weighted by Gasteiger charge is 2.19. The number of allylic oxidation sites excluding steroid dienone is 4. The van der Waals surface area contributed by atoms with Gasteiger partial charge in [-0.3, -0.25) is 14.4 Å². The van der Waals surface area contributed by atoms with E-state index in [0.717, 1.165) is 57.8 Å². The molecule has 0 aliphatic rings. The van der Waals surface area contributed by atoms with Crippen molar-refractivity contribution in [3.8, 4) is 0 Å². The summed E-state index contributed by atoms with van der Waals surface area (Å²) in [5.74, 6) is -0.845. The number of esters is 3. The summed E-state index contributed by atoms with van der Waals surface area (Å²) < 4.78 is 17.0. The Labute approximate surface area is 462 Å². The second kappa shape index (κ2) is 63.4. The van der Waals surface area contributed by atoms with Crippen molar-refractivity contribution in [1.29, 1.82) is 0 Å². The quantitative estimate of drug-likeness (QED) is 0.0261. The van der Waals surface area contributed by atoms with Crippen molar-refractivity contribution in [2.75, 3.05) is 13.2 Å². The fourth-order valence-corrected chi connectivity index (χ4v) is 10.1.